The van der Waals surface area contributed by atoms with Crippen molar-refractivity contribution in [3.05, 3.63) is 40.8 Å². The number of carbonyl (C=O) groups excluding carboxylic acids is 2. The van der Waals surface area contributed by atoms with Crippen molar-refractivity contribution in [1.82, 2.24) is 10.2 Å². The monoisotopic (exact) mass is 430 g/mol. The number of hydrogen-bond acceptors (Lipinski definition) is 8. The summed E-state index contributed by atoms with van der Waals surface area (Å²) in [6, 6.07) is 7.61. The van der Waals surface area contributed by atoms with Gasteiger partial charge < -0.3 is 14.4 Å². The van der Waals surface area contributed by atoms with Crippen molar-refractivity contribution in [2.24, 2.45) is 10.2 Å². The normalized spacial score (nSPS) is 20.1. The molecular formula is C21H26N4O4S. The number of nitrogens with one attached hydrogen (secondary N) is 1. The zero-order valence-electron chi connectivity index (χ0n) is 17.0. The Labute approximate surface area is 180 Å². The van der Waals surface area contributed by atoms with Gasteiger partial charge in [0.15, 0.2) is 5.17 Å². The highest BCUT2D eigenvalue weighted by atomic mass is 32.2. The predicted octanol–water partition coefficient (Wildman–Crippen LogP) is 2.55. The first-order valence-corrected chi connectivity index (χ1v) is 10.8. The third kappa shape index (κ3) is 6.70. The van der Waals surface area contributed by atoms with E-state index in [-0.39, 0.29) is 4.91 Å². The molecule has 1 amide bonds. The van der Waals surface area contributed by atoms with Gasteiger partial charge in [0.1, 0.15) is 5.75 Å². The van der Waals surface area contributed by atoms with Crippen molar-refractivity contribution >= 4 is 35.0 Å². The Hall–Kier alpha value is -2.65. The Morgan fingerprint density at radius 1 is 1.27 bits per heavy atom. The third-order valence-corrected chi connectivity index (χ3v) is 5.59. The molecule has 1 aromatic rings. The molecule has 0 unspecified atom stereocenters. The summed E-state index contributed by atoms with van der Waals surface area (Å²) < 4.78 is 10.5. The highest BCUT2D eigenvalue weighted by Gasteiger charge is 2.25. The Morgan fingerprint density at radius 3 is 2.87 bits per heavy atom. The second kappa shape index (κ2) is 11.5. The van der Waals surface area contributed by atoms with E-state index in [1.54, 1.807) is 6.21 Å². The molecule has 2 aliphatic rings. The van der Waals surface area contributed by atoms with Crippen molar-refractivity contribution in [3.63, 3.8) is 0 Å². The van der Waals surface area contributed by atoms with Gasteiger partial charge in [-0.15, -0.1) is 5.10 Å². The van der Waals surface area contributed by atoms with Gasteiger partial charge in [0.25, 0.3) is 5.91 Å². The van der Waals surface area contributed by atoms with Gasteiger partial charge in [-0.1, -0.05) is 18.6 Å². The molecule has 1 N–H and O–H groups in total. The molecule has 1 aromatic carbocycles. The zero-order chi connectivity index (χ0) is 21.2. The molecule has 160 valence electrons. The maximum atomic E-state index is 11.8. The van der Waals surface area contributed by atoms with Gasteiger partial charge >= 0.3 is 5.97 Å². The predicted molar refractivity (Wildman–Crippen MR) is 118 cm³/mol. The van der Waals surface area contributed by atoms with Gasteiger partial charge in [0.05, 0.1) is 24.8 Å². The van der Waals surface area contributed by atoms with Crippen molar-refractivity contribution in [2.45, 2.75) is 25.7 Å². The van der Waals surface area contributed by atoms with Crippen LogP contribution in [0.4, 0.5) is 0 Å². The number of amides is 1. The molecule has 0 bridgehead atoms. The molecule has 8 nitrogen and oxygen atoms in total. The molecule has 2 saturated heterocycles. The fourth-order valence-corrected chi connectivity index (χ4v) is 3.90. The van der Waals surface area contributed by atoms with Crippen LogP contribution in [0, 0.1) is 0 Å². The third-order valence-electron chi connectivity index (χ3n) is 4.69. The molecule has 30 heavy (non-hydrogen) atoms. The number of methoxy groups -OCH3 is 1. The summed E-state index contributed by atoms with van der Waals surface area (Å²) in [4.78, 5) is 25.8. The number of esters is 1. The van der Waals surface area contributed by atoms with Gasteiger partial charge in [-0.05, 0) is 56.2 Å². The average Bonchev–Trinajstić information content (AvgIpc) is 3.11. The topological polar surface area (TPSA) is 92.6 Å². The smallest absolute Gasteiger partial charge is 0.331 e. The number of para-hydroxylation sites is 1. The summed E-state index contributed by atoms with van der Waals surface area (Å²) in [5, 5.41) is 10.9. The second-order valence-corrected chi connectivity index (χ2v) is 7.91. The molecule has 0 saturated carbocycles. The van der Waals surface area contributed by atoms with Crippen molar-refractivity contribution in [2.75, 3.05) is 33.4 Å². The molecular weight excluding hydrogens is 404 g/mol. The molecule has 9 heteroatoms. The van der Waals surface area contributed by atoms with E-state index in [9.17, 15) is 9.59 Å². The van der Waals surface area contributed by atoms with E-state index in [4.69, 9.17) is 4.74 Å². The maximum absolute atomic E-state index is 11.8. The van der Waals surface area contributed by atoms with Crippen LogP contribution in [0.5, 0.6) is 5.75 Å². The van der Waals surface area contributed by atoms with Crippen LogP contribution in [0.1, 0.15) is 31.2 Å². The molecule has 0 aliphatic carbocycles. The zero-order valence-corrected chi connectivity index (χ0v) is 17.8. The van der Waals surface area contributed by atoms with E-state index in [1.807, 2.05) is 24.3 Å². The minimum Gasteiger partial charge on any atom is -0.493 e. The van der Waals surface area contributed by atoms with Crippen LogP contribution in [0.25, 0.3) is 0 Å². The number of nitrogens with zero attached hydrogens (tertiary/aromatic N) is 3. The number of likely N-dealkylation sites (tertiary alicyclic amines) is 1. The van der Waals surface area contributed by atoms with Crippen LogP contribution in [-0.4, -0.2) is 61.5 Å². The summed E-state index contributed by atoms with van der Waals surface area (Å²) in [5.74, 6) is -0.255. The molecule has 0 spiro atoms. The summed E-state index contributed by atoms with van der Waals surface area (Å²) in [6.07, 6.45) is 7.62. The van der Waals surface area contributed by atoms with Crippen LogP contribution in [0.3, 0.4) is 0 Å². The van der Waals surface area contributed by atoms with Gasteiger partial charge in [0.2, 0.25) is 0 Å². The minimum absolute atomic E-state index is 0.216. The second-order valence-electron chi connectivity index (χ2n) is 6.88. The number of piperidine rings is 1. The lowest BCUT2D eigenvalue weighted by Gasteiger charge is -2.26. The summed E-state index contributed by atoms with van der Waals surface area (Å²) in [5.41, 5.74) is 0.805. The van der Waals surface area contributed by atoms with E-state index < -0.39 is 11.9 Å². The average molecular weight is 431 g/mol. The number of amidine groups is 1. The minimum atomic E-state index is -0.594. The van der Waals surface area contributed by atoms with E-state index >= 15 is 0 Å². The van der Waals surface area contributed by atoms with E-state index in [0.717, 1.165) is 42.1 Å². The molecule has 0 radical (unpaired) electrons. The first-order valence-electron chi connectivity index (χ1n) is 10.00. The van der Waals surface area contributed by atoms with Gasteiger partial charge in [0, 0.05) is 18.2 Å². The molecule has 3 rings (SSSR count). The largest absolute Gasteiger partial charge is 0.493 e. The van der Waals surface area contributed by atoms with E-state index in [2.05, 4.69) is 25.2 Å². The van der Waals surface area contributed by atoms with Crippen LogP contribution in [-0.2, 0) is 14.3 Å². The lowest BCUT2D eigenvalue weighted by atomic mass is 10.1. The fourth-order valence-electron chi connectivity index (χ4n) is 3.16. The number of hydrogen-bond donors (Lipinski definition) is 1. The van der Waals surface area contributed by atoms with E-state index in [0.29, 0.717) is 11.8 Å². The molecule has 2 aliphatic heterocycles. The number of ether oxygens (including phenoxy) is 2. The standard InChI is InChI=1S/C21H26N4O4S/c1-28-19(26)14-18-20(27)23-21(30-18)24-22-15-16-8-3-4-9-17(16)29-13-7-12-25-10-5-2-6-11-25/h3-4,8-9,14-15H,2,5-7,10-13H2,1H3,(H,23,24,27)/b18-14+,22-15?. The highest BCUT2D eigenvalue weighted by Crippen LogP contribution is 2.23. The highest BCUT2D eigenvalue weighted by molar-refractivity contribution is 8.18. The molecule has 2 fully saturated rings. The van der Waals surface area contributed by atoms with Crippen LogP contribution in [0.2, 0.25) is 0 Å². The summed E-state index contributed by atoms with van der Waals surface area (Å²) in [7, 11) is 1.25. The molecule has 0 aromatic heterocycles. The van der Waals surface area contributed by atoms with Gasteiger partial charge in [-0.3, -0.25) is 10.1 Å². The Kier molecular flexibility index (Phi) is 8.46. The van der Waals surface area contributed by atoms with E-state index in [1.165, 1.54) is 39.5 Å². The van der Waals surface area contributed by atoms with Crippen LogP contribution < -0.4 is 10.1 Å². The Balaban J connectivity index is 1.52. The number of carbonyl (C=O) groups is 2. The quantitative estimate of drug-likeness (QED) is 0.224. The Bertz CT molecular complexity index is 847. The number of benzene rings is 1. The SMILES string of the molecule is COC(=O)/C=C1/S/C(=N\N=Cc2ccccc2OCCCN2CCCCC2)NC1=O. The number of rotatable bonds is 8. The molecule has 0 atom stereocenters. The summed E-state index contributed by atoms with van der Waals surface area (Å²) >= 11 is 1.03. The fraction of sp³-hybridized carbons (Fsp3) is 0.429. The van der Waals surface area contributed by atoms with Crippen molar-refractivity contribution in [1.29, 1.82) is 0 Å². The number of thioether (sulfide) groups is 1. The van der Waals surface area contributed by atoms with Crippen LogP contribution >= 0.6 is 11.8 Å². The lowest BCUT2D eigenvalue weighted by molar-refractivity contribution is -0.135. The van der Waals surface area contributed by atoms with Crippen molar-refractivity contribution in [3.8, 4) is 5.75 Å². The van der Waals surface area contributed by atoms with Crippen molar-refractivity contribution < 1.29 is 19.1 Å². The lowest BCUT2D eigenvalue weighted by Crippen LogP contribution is -2.31. The Morgan fingerprint density at radius 2 is 2.07 bits per heavy atom. The first-order chi connectivity index (χ1) is 14.7. The van der Waals surface area contributed by atoms with Gasteiger partial charge in [-0.2, -0.15) is 5.10 Å². The van der Waals surface area contributed by atoms with Crippen LogP contribution in [0.15, 0.2) is 45.4 Å². The summed E-state index contributed by atoms with van der Waals surface area (Å²) in [6.45, 7) is 4.08. The molecule has 2 heterocycles. The van der Waals surface area contributed by atoms with Gasteiger partial charge in [-0.25, -0.2) is 4.79 Å². The first kappa shape index (κ1) is 22.0. The maximum Gasteiger partial charge on any atom is 0.331 e.